The molecule has 0 bridgehead atoms. The average Bonchev–Trinajstić information content (AvgIpc) is 2.63. The Bertz CT molecular complexity index is 811. The number of benzene rings is 1. The Balaban J connectivity index is 1.79. The number of sulfonamides is 1. The number of amides is 1. The first kappa shape index (κ1) is 21.6. The molecule has 0 radical (unpaired) electrons. The van der Waals surface area contributed by atoms with Crippen LogP contribution < -0.4 is 5.32 Å². The standard InChI is InChI=1S/C20H29ClN2O4S/c1-13-9-14(2)12-23(11-13)28(26,27)17-7-8-19(21)18(10-17)20(25)22-15-3-5-16(24)6-4-15/h7-8,10,13-16,24H,3-6,9,11-12H2,1-2H3,(H,22,25)/t13-,14-,15?,16?/m0/s1. The summed E-state index contributed by atoms with van der Waals surface area (Å²) in [6.07, 6.45) is 3.41. The van der Waals surface area contributed by atoms with Crippen LogP contribution in [-0.4, -0.2) is 49.0 Å². The Morgan fingerprint density at radius 1 is 1.14 bits per heavy atom. The fourth-order valence-corrected chi connectivity index (χ4v) is 6.18. The molecular formula is C20H29ClN2O4S. The van der Waals surface area contributed by atoms with Crippen LogP contribution in [0.2, 0.25) is 5.02 Å². The number of aliphatic hydroxyl groups excluding tert-OH is 1. The molecule has 0 aromatic heterocycles. The summed E-state index contributed by atoms with van der Waals surface area (Å²) in [5.41, 5.74) is 0.173. The summed E-state index contributed by atoms with van der Waals surface area (Å²) >= 11 is 6.20. The molecule has 2 atom stereocenters. The fraction of sp³-hybridized carbons (Fsp3) is 0.650. The molecule has 156 valence electrons. The fourth-order valence-electron chi connectivity index (χ4n) is 4.27. The van der Waals surface area contributed by atoms with Crippen molar-refractivity contribution in [3.63, 3.8) is 0 Å². The number of nitrogens with zero attached hydrogens (tertiary/aromatic N) is 1. The molecule has 8 heteroatoms. The summed E-state index contributed by atoms with van der Waals surface area (Å²) in [6, 6.07) is 4.30. The predicted octanol–water partition coefficient (Wildman–Crippen LogP) is 3.04. The summed E-state index contributed by atoms with van der Waals surface area (Å²) < 4.78 is 27.7. The predicted molar refractivity (Wildman–Crippen MR) is 109 cm³/mol. The summed E-state index contributed by atoms with van der Waals surface area (Å²) in [5.74, 6) is 0.231. The molecule has 0 unspecified atom stereocenters. The SMILES string of the molecule is C[C@H]1C[C@H](C)CN(S(=O)(=O)c2ccc(Cl)c(C(=O)NC3CCC(O)CC3)c2)C1. The van der Waals surface area contributed by atoms with Crippen molar-refractivity contribution in [2.24, 2.45) is 11.8 Å². The van der Waals surface area contributed by atoms with Gasteiger partial charge in [-0.3, -0.25) is 4.79 Å². The molecule has 6 nitrogen and oxygen atoms in total. The number of aliphatic hydroxyl groups is 1. The first-order chi connectivity index (χ1) is 13.2. The molecular weight excluding hydrogens is 400 g/mol. The summed E-state index contributed by atoms with van der Waals surface area (Å²) in [5, 5.41) is 12.8. The van der Waals surface area contributed by atoms with E-state index in [1.807, 2.05) is 0 Å². The zero-order valence-corrected chi connectivity index (χ0v) is 18.0. The third-order valence-electron chi connectivity index (χ3n) is 5.69. The van der Waals surface area contributed by atoms with Crippen LogP contribution in [-0.2, 0) is 10.0 Å². The van der Waals surface area contributed by atoms with Crippen LogP contribution in [0.15, 0.2) is 23.1 Å². The lowest BCUT2D eigenvalue weighted by Gasteiger charge is -2.34. The summed E-state index contributed by atoms with van der Waals surface area (Å²) in [6.45, 7) is 5.09. The zero-order chi connectivity index (χ0) is 20.5. The summed E-state index contributed by atoms with van der Waals surface area (Å²) in [7, 11) is -3.68. The number of hydrogen-bond acceptors (Lipinski definition) is 4. The first-order valence-electron chi connectivity index (χ1n) is 9.95. The molecule has 3 rings (SSSR count). The minimum Gasteiger partial charge on any atom is -0.393 e. The number of rotatable bonds is 4. The molecule has 28 heavy (non-hydrogen) atoms. The maximum atomic E-state index is 13.1. The van der Waals surface area contributed by atoms with Crippen molar-refractivity contribution >= 4 is 27.5 Å². The molecule has 1 aliphatic carbocycles. The van der Waals surface area contributed by atoms with Crippen LogP contribution in [0, 0.1) is 11.8 Å². The van der Waals surface area contributed by atoms with Gasteiger partial charge in [-0.15, -0.1) is 0 Å². The van der Waals surface area contributed by atoms with Crippen molar-refractivity contribution in [2.75, 3.05) is 13.1 Å². The van der Waals surface area contributed by atoms with Crippen LogP contribution in [0.5, 0.6) is 0 Å². The molecule has 1 aromatic carbocycles. The lowest BCUT2D eigenvalue weighted by Crippen LogP contribution is -2.42. The molecule has 1 saturated carbocycles. The normalized spacial score (nSPS) is 29.4. The smallest absolute Gasteiger partial charge is 0.253 e. The van der Waals surface area contributed by atoms with E-state index in [0.717, 1.165) is 6.42 Å². The maximum Gasteiger partial charge on any atom is 0.253 e. The minimum absolute atomic E-state index is 0.0315. The molecule has 2 fully saturated rings. The lowest BCUT2D eigenvalue weighted by molar-refractivity contribution is 0.0867. The molecule has 1 aromatic rings. The Kier molecular flexibility index (Phi) is 6.69. The number of carbonyl (C=O) groups excluding carboxylic acids is 1. The summed E-state index contributed by atoms with van der Waals surface area (Å²) in [4.78, 5) is 12.8. The van der Waals surface area contributed by atoms with Crippen LogP contribution in [0.4, 0.5) is 0 Å². The highest BCUT2D eigenvalue weighted by molar-refractivity contribution is 7.89. The molecule has 2 aliphatic rings. The van der Waals surface area contributed by atoms with Gasteiger partial charge in [-0.25, -0.2) is 8.42 Å². The van der Waals surface area contributed by atoms with Gasteiger partial charge in [0.05, 0.1) is 21.6 Å². The van der Waals surface area contributed by atoms with Gasteiger partial charge in [-0.1, -0.05) is 25.4 Å². The Hall–Kier alpha value is -1.15. The minimum atomic E-state index is -3.68. The van der Waals surface area contributed by atoms with Gasteiger partial charge in [0.15, 0.2) is 0 Å². The van der Waals surface area contributed by atoms with Crippen LogP contribution >= 0.6 is 11.6 Å². The third-order valence-corrected chi connectivity index (χ3v) is 7.84. The van der Waals surface area contributed by atoms with Crippen molar-refractivity contribution in [1.29, 1.82) is 0 Å². The van der Waals surface area contributed by atoms with Crippen LogP contribution in [0.25, 0.3) is 0 Å². The number of nitrogens with one attached hydrogen (secondary N) is 1. The van der Waals surface area contributed by atoms with Gasteiger partial charge in [-0.05, 0) is 62.1 Å². The monoisotopic (exact) mass is 428 g/mol. The number of carbonyl (C=O) groups is 1. The first-order valence-corrected chi connectivity index (χ1v) is 11.8. The van der Waals surface area contributed by atoms with E-state index in [0.29, 0.717) is 50.6 Å². The van der Waals surface area contributed by atoms with E-state index in [4.69, 9.17) is 11.6 Å². The van der Waals surface area contributed by atoms with E-state index in [9.17, 15) is 18.3 Å². The van der Waals surface area contributed by atoms with Crippen molar-refractivity contribution < 1.29 is 18.3 Å². The van der Waals surface area contributed by atoms with Crippen molar-refractivity contribution in [3.05, 3.63) is 28.8 Å². The highest BCUT2D eigenvalue weighted by Crippen LogP contribution is 2.29. The molecule has 1 aliphatic heterocycles. The van der Waals surface area contributed by atoms with E-state index in [1.165, 1.54) is 22.5 Å². The molecule has 0 spiro atoms. The molecule has 2 N–H and O–H groups in total. The lowest BCUT2D eigenvalue weighted by atomic mass is 9.93. The van der Waals surface area contributed by atoms with E-state index in [2.05, 4.69) is 19.2 Å². The van der Waals surface area contributed by atoms with Gasteiger partial charge in [-0.2, -0.15) is 4.31 Å². The van der Waals surface area contributed by atoms with Crippen molar-refractivity contribution in [1.82, 2.24) is 9.62 Å². The van der Waals surface area contributed by atoms with Gasteiger partial charge in [0.25, 0.3) is 5.91 Å². The molecule has 1 heterocycles. The zero-order valence-electron chi connectivity index (χ0n) is 16.4. The van der Waals surface area contributed by atoms with Crippen LogP contribution in [0.3, 0.4) is 0 Å². The van der Waals surface area contributed by atoms with Crippen LogP contribution in [0.1, 0.15) is 56.3 Å². The van der Waals surface area contributed by atoms with Gasteiger partial charge < -0.3 is 10.4 Å². The average molecular weight is 429 g/mol. The number of hydrogen-bond donors (Lipinski definition) is 2. The second-order valence-corrected chi connectivity index (χ2v) is 10.7. The van der Waals surface area contributed by atoms with E-state index >= 15 is 0 Å². The highest BCUT2D eigenvalue weighted by atomic mass is 35.5. The quantitative estimate of drug-likeness (QED) is 0.771. The number of halogens is 1. The second-order valence-electron chi connectivity index (χ2n) is 8.39. The Morgan fingerprint density at radius 2 is 1.75 bits per heavy atom. The number of piperidine rings is 1. The molecule has 1 saturated heterocycles. The van der Waals surface area contributed by atoms with E-state index in [1.54, 1.807) is 0 Å². The van der Waals surface area contributed by atoms with Gasteiger partial charge in [0.1, 0.15) is 0 Å². The highest BCUT2D eigenvalue weighted by Gasteiger charge is 2.32. The maximum absolute atomic E-state index is 13.1. The third kappa shape index (κ3) is 4.87. The van der Waals surface area contributed by atoms with Gasteiger partial charge >= 0.3 is 0 Å². The van der Waals surface area contributed by atoms with E-state index in [-0.39, 0.29) is 33.5 Å². The second kappa shape index (κ2) is 8.69. The van der Waals surface area contributed by atoms with Crippen molar-refractivity contribution in [3.8, 4) is 0 Å². The van der Waals surface area contributed by atoms with Gasteiger partial charge in [0.2, 0.25) is 10.0 Å². The Labute approximate surface area is 172 Å². The van der Waals surface area contributed by atoms with Crippen molar-refractivity contribution in [2.45, 2.75) is 63.0 Å². The van der Waals surface area contributed by atoms with E-state index < -0.39 is 10.0 Å². The topological polar surface area (TPSA) is 86.7 Å². The van der Waals surface area contributed by atoms with Gasteiger partial charge in [0, 0.05) is 19.1 Å². The molecule has 1 amide bonds. The largest absolute Gasteiger partial charge is 0.393 e. The Morgan fingerprint density at radius 3 is 2.36 bits per heavy atom.